The van der Waals surface area contributed by atoms with E-state index in [1.54, 1.807) is 35.0 Å². The monoisotopic (exact) mass is 475 g/mol. The van der Waals surface area contributed by atoms with Crippen molar-refractivity contribution in [1.29, 1.82) is 0 Å². The number of halogens is 2. The minimum absolute atomic E-state index is 0.0396. The van der Waals surface area contributed by atoms with E-state index in [2.05, 4.69) is 10.3 Å². The fourth-order valence-corrected chi connectivity index (χ4v) is 3.76. The van der Waals surface area contributed by atoms with Gasteiger partial charge in [-0.2, -0.15) is 8.78 Å². The maximum absolute atomic E-state index is 13.2. The van der Waals surface area contributed by atoms with Crippen molar-refractivity contribution < 1.29 is 32.9 Å². The number of hydrogen-bond acceptors (Lipinski definition) is 7. The van der Waals surface area contributed by atoms with Gasteiger partial charge in [0.25, 0.3) is 0 Å². The van der Waals surface area contributed by atoms with E-state index in [9.17, 15) is 13.6 Å². The summed E-state index contributed by atoms with van der Waals surface area (Å²) < 4.78 is 44.0. The summed E-state index contributed by atoms with van der Waals surface area (Å²) in [5.41, 5.74) is 1.77. The van der Waals surface area contributed by atoms with Crippen molar-refractivity contribution in [2.24, 2.45) is 5.92 Å². The number of benzene rings is 1. The third-order valence-corrected chi connectivity index (χ3v) is 5.57. The van der Waals surface area contributed by atoms with Crippen molar-refractivity contribution in [2.45, 2.75) is 25.9 Å². The molecule has 182 valence electrons. The predicted octanol–water partition coefficient (Wildman–Crippen LogP) is 3.55. The van der Waals surface area contributed by atoms with Crippen molar-refractivity contribution in [3.8, 4) is 28.5 Å². The summed E-state index contributed by atoms with van der Waals surface area (Å²) in [6.07, 6.45) is 5.58. The smallest absolute Gasteiger partial charge is 0.387 e. The number of ketones is 1. The molecule has 1 saturated carbocycles. The van der Waals surface area contributed by atoms with Crippen LogP contribution in [0.25, 0.3) is 16.9 Å². The van der Waals surface area contributed by atoms with Crippen LogP contribution >= 0.6 is 0 Å². The SMILES string of the molecule is COc1cc(-c2cnc3cc(OCCNCCO)ccn23)cc(OC(F)F)c1C(=O)CC1CC1. The first kappa shape index (κ1) is 23.9. The number of aliphatic hydroxyl groups is 1. The number of pyridine rings is 1. The van der Waals surface area contributed by atoms with Crippen LogP contribution in [0.2, 0.25) is 0 Å². The van der Waals surface area contributed by atoms with Crippen molar-refractivity contribution in [3.63, 3.8) is 0 Å². The molecule has 3 aromatic rings. The average Bonchev–Trinajstić information content (AvgIpc) is 3.53. The number of hydrogen-bond donors (Lipinski definition) is 2. The first-order valence-electron chi connectivity index (χ1n) is 11.1. The van der Waals surface area contributed by atoms with Gasteiger partial charge in [-0.05, 0) is 37.0 Å². The molecule has 34 heavy (non-hydrogen) atoms. The van der Waals surface area contributed by atoms with Crippen LogP contribution in [0.15, 0.2) is 36.7 Å². The lowest BCUT2D eigenvalue weighted by Crippen LogP contribution is -2.23. The molecule has 2 aromatic heterocycles. The Labute approximate surface area is 195 Å². The van der Waals surface area contributed by atoms with Crippen LogP contribution < -0.4 is 19.5 Å². The van der Waals surface area contributed by atoms with Crippen LogP contribution in [0, 0.1) is 5.92 Å². The van der Waals surface area contributed by atoms with E-state index < -0.39 is 6.61 Å². The molecule has 4 rings (SSSR count). The van der Waals surface area contributed by atoms with Gasteiger partial charge in [0.05, 0.1) is 25.6 Å². The highest BCUT2D eigenvalue weighted by Crippen LogP contribution is 2.40. The number of rotatable bonds is 13. The molecule has 1 aliphatic rings. The van der Waals surface area contributed by atoms with Crippen molar-refractivity contribution >= 4 is 11.4 Å². The Bertz CT molecular complexity index is 1150. The van der Waals surface area contributed by atoms with E-state index >= 15 is 0 Å². The first-order chi connectivity index (χ1) is 16.5. The third-order valence-electron chi connectivity index (χ3n) is 5.57. The number of Topliss-reactive ketones (excluding diaryl/α,β-unsaturated/α-hetero) is 1. The normalized spacial score (nSPS) is 13.4. The van der Waals surface area contributed by atoms with Gasteiger partial charge in [-0.3, -0.25) is 9.20 Å². The molecular weight excluding hydrogens is 448 g/mol. The zero-order valence-corrected chi connectivity index (χ0v) is 18.8. The standard InChI is InChI=1S/C24H27F2N3O5/c1-32-20-11-16(12-21(34-24(25)26)23(20)19(31)10-15-2-3-15)18-14-28-22-13-17(4-7-29(18)22)33-9-6-27-5-8-30/h4,7,11-15,24,27,30H,2-3,5-6,8-10H2,1H3. The van der Waals surface area contributed by atoms with Crippen LogP contribution in [-0.4, -0.2) is 60.3 Å². The molecule has 0 aliphatic heterocycles. The number of imidazole rings is 1. The van der Waals surface area contributed by atoms with Crippen LogP contribution in [0.5, 0.6) is 17.2 Å². The summed E-state index contributed by atoms with van der Waals surface area (Å²) in [7, 11) is 1.40. The molecule has 0 radical (unpaired) electrons. The van der Waals surface area contributed by atoms with Gasteiger partial charge in [-0.25, -0.2) is 4.98 Å². The fraction of sp³-hybridized carbons (Fsp3) is 0.417. The molecule has 1 aliphatic carbocycles. The molecule has 0 saturated heterocycles. The summed E-state index contributed by atoms with van der Waals surface area (Å²) in [4.78, 5) is 17.2. The molecule has 8 nitrogen and oxygen atoms in total. The number of carbonyl (C=O) groups is 1. The number of fused-ring (bicyclic) bond motifs is 1. The fourth-order valence-electron chi connectivity index (χ4n) is 3.76. The first-order valence-corrected chi connectivity index (χ1v) is 11.1. The molecule has 1 fully saturated rings. The lowest BCUT2D eigenvalue weighted by Gasteiger charge is -2.16. The van der Waals surface area contributed by atoms with Crippen LogP contribution in [0.3, 0.4) is 0 Å². The van der Waals surface area contributed by atoms with Gasteiger partial charge in [0.15, 0.2) is 5.78 Å². The quantitative estimate of drug-likeness (QED) is 0.288. The molecule has 0 spiro atoms. The van der Waals surface area contributed by atoms with Gasteiger partial charge in [-0.1, -0.05) is 0 Å². The van der Waals surface area contributed by atoms with E-state index in [-0.39, 0.29) is 41.8 Å². The maximum atomic E-state index is 13.2. The van der Waals surface area contributed by atoms with Crippen molar-refractivity contribution in [3.05, 3.63) is 42.2 Å². The number of ether oxygens (including phenoxy) is 3. The summed E-state index contributed by atoms with van der Waals surface area (Å²) >= 11 is 0. The van der Waals surface area contributed by atoms with Gasteiger partial charge in [0.1, 0.15) is 35.1 Å². The van der Waals surface area contributed by atoms with E-state index in [1.165, 1.54) is 13.2 Å². The van der Waals surface area contributed by atoms with Crippen LogP contribution in [0.1, 0.15) is 29.6 Å². The summed E-state index contributed by atoms with van der Waals surface area (Å²) in [6, 6.07) is 6.59. The molecule has 0 unspecified atom stereocenters. The summed E-state index contributed by atoms with van der Waals surface area (Å²) in [6.45, 7) is -1.51. The largest absolute Gasteiger partial charge is 0.496 e. The van der Waals surface area contributed by atoms with Crippen molar-refractivity contribution in [1.82, 2.24) is 14.7 Å². The molecule has 0 amide bonds. The Morgan fingerprint density at radius 3 is 2.76 bits per heavy atom. The lowest BCUT2D eigenvalue weighted by molar-refractivity contribution is -0.0502. The highest BCUT2D eigenvalue weighted by molar-refractivity contribution is 6.02. The highest BCUT2D eigenvalue weighted by Gasteiger charge is 2.29. The number of nitrogens with zero attached hydrogens (tertiary/aromatic N) is 2. The number of aromatic nitrogens is 2. The van der Waals surface area contributed by atoms with E-state index in [1.807, 2.05) is 0 Å². The Hall–Kier alpha value is -3.24. The van der Waals surface area contributed by atoms with Gasteiger partial charge >= 0.3 is 6.61 Å². The number of methoxy groups -OCH3 is 1. The number of alkyl halides is 2. The van der Waals surface area contributed by atoms with E-state index in [0.717, 1.165) is 12.8 Å². The topological polar surface area (TPSA) is 94.3 Å². The second-order valence-electron chi connectivity index (χ2n) is 8.06. The predicted molar refractivity (Wildman–Crippen MR) is 121 cm³/mol. The third kappa shape index (κ3) is 5.63. The Kier molecular flexibility index (Phi) is 7.59. The average molecular weight is 475 g/mol. The minimum atomic E-state index is -3.08. The minimum Gasteiger partial charge on any atom is -0.496 e. The molecular formula is C24H27F2N3O5. The zero-order chi connectivity index (χ0) is 24.1. The van der Waals surface area contributed by atoms with E-state index in [4.69, 9.17) is 19.3 Å². The Balaban J connectivity index is 1.63. The highest BCUT2D eigenvalue weighted by atomic mass is 19.3. The Morgan fingerprint density at radius 2 is 2.06 bits per heavy atom. The summed E-state index contributed by atoms with van der Waals surface area (Å²) in [5.74, 6) is 0.618. The lowest BCUT2D eigenvalue weighted by atomic mass is 10.00. The number of aliphatic hydroxyl groups excluding tert-OH is 1. The molecule has 10 heteroatoms. The molecule has 2 heterocycles. The van der Waals surface area contributed by atoms with Crippen LogP contribution in [0.4, 0.5) is 8.78 Å². The van der Waals surface area contributed by atoms with Crippen molar-refractivity contribution in [2.75, 3.05) is 33.4 Å². The van der Waals surface area contributed by atoms with E-state index in [0.29, 0.717) is 42.4 Å². The number of carbonyl (C=O) groups excluding carboxylic acids is 1. The van der Waals surface area contributed by atoms with Crippen LogP contribution in [-0.2, 0) is 0 Å². The van der Waals surface area contributed by atoms with Gasteiger partial charge < -0.3 is 24.6 Å². The Morgan fingerprint density at radius 1 is 1.26 bits per heavy atom. The summed E-state index contributed by atoms with van der Waals surface area (Å²) in [5, 5.41) is 11.8. The number of nitrogens with one attached hydrogen (secondary N) is 1. The molecule has 0 atom stereocenters. The second kappa shape index (κ2) is 10.8. The maximum Gasteiger partial charge on any atom is 0.387 e. The van der Waals surface area contributed by atoms with Gasteiger partial charge in [-0.15, -0.1) is 0 Å². The second-order valence-corrected chi connectivity index (χ2v) is 8.06. The van der Waals surface area contributed by atoms with Gasteiger partial charge in [0.2, 0.25) is 0 Å². The molecule has 1 aromatic carbocycles. The zero-order valence-electron chi connectivity index (χ0n) is 18.8. The van der Waals surface area contributed by atoms with Gasteiger partial charge in [0, 0.05) is 37.3 Å². The molecule has 0 bridgehead atoms. The molecule has 2 N–H and O–H groups in total.